The molecule has 0 spiro atoms. The van der Waals surface area contributed by atoms with E-state index in [1.807, 2.05) is 0 Å². The number of ether oxygens (including phenoxy) is 1. The second-order valence-corrected chi connectivity index (χ2v) is 4.50. The number of hydrogen-bond acceptors (Lipinski definition) is 4. The molecule has 1 aliphatic carbocycles. The average molecular weight is 249 g/mol. The first-order valence-electron chi connectivity index (χ1n) is 6.31. The van der Waals surface area contributed by atoms with Crippen molar-refractivity contribution in [2.24, 2.45) is 0 Å². The molecule has 0 bridgehead atoms. The molecule has 18 heavy (non-hydrogen) atoms. The number of carbonyl (C=O) groups excluding carboxylic acids is 1. The van der Waals surface area contributed by atoms with Crippen LogP contribution in [0.1, 0.15) is 25.7 Å². The zero-order valence-electron chi connectivity index (χ0n) is 10.6. The molecule has 98 valence electrons. The van der Waals surface area contributed by atoms with Crippen molar-refractivity contribution in [3.05, 3.63) is 18.3 Å². The van der Waals surface area contributed by atoms with Gasteiger partial charge in [-0.05, 0) is 18.9 Å². The maximum absolute atomic E-state index is 11.7. The molecule has 0 aliphatic heterocycles. The van der Waals surface area contributed by atoms with Crippen molar-refractivity contribution < 1.29 is 9.53 Å². The quantitative estimate of drug-likeness (QED) is 0.831. The van der Waals surface area contributed by atoms with E-state index in [2.05, 4.69) is 15.6 Å². The van der Waals surface area contributed by atoms with Crippen LogP contribution in [0, 0.1) is 0 Å². The first kappa shape index (κ1) is 12.8. The number of hydrogen-bond donors (Lipinski definition) is 2. The van der Waals surface area contributed by atoms with Gasteiger partial charge in [-0.2, -0.15) is 0 Å². The van der Waals surface area contributed by atoms with Crippen LogP contribution in [0.5, 0.6) is 5.88 Å². The van der Waals surface area contributed by atoms with Crippen molar-refractivity contribution in [1.82, 2.24) is 10.3 Å². The summed E-state index contributed by atoms with van der Waals surface area (Å²) in [5.74, 6) is 0.506. The Hall–Kier alpha value is -1.62. The number of pyridine rings is 1. The Balaban J connectivity index is 1.75. The highest BCUT2D eigenvalue weighted by molar-refractivity contribution is 5.92. The van der Waals surface area contributed by atoms with E-state index in [9.17, 15) is 4.79 Å². The van der Waals surface area contributed by atoms with Crippen molar-refractivity contribution in [3.63, 3.8) is 0 Å². The zero-order valence-corrected chi connectivity index (χ0v) is 10.6. The summed E-state index contributed by atoms with van der Waals surface area (Å²) >= 11 is 0. The fraction of sp³-hybridized carbons (Fsp3) is 0.538. The van der Waals surface area contributed by atoms with E-state index in [1.165, 1.54) is 25.7 Å². The predicted octanol–water partition coefficient (Wildman–Crippen LogP) is 1.56. The lowest BCUT2D eigenvalue weighted by Crippen LogP contribution is -2.34. The molecule has 1 aromatic heterocycles. The van der Waals surface area contributed by atoms with Crippen molar-refractivity contribution in [2.45, 2.75) is 31.7 Å². The Morgan fingerprint density at radius 3 is 2.83 bits per heavy atom. The van der Waals surface area contributed by atoms with Crippen LogP contribution in [0.25, 0.3) is 0 Å². The van der Waals surface area contributed by atoms with Gasteiger partial charge in [0.15, 0.2) is 0 Å². The highest BCUT2D eigenvalue weighted by Crippen LogP contribution is 2.17. The summed E-state index contributed by atoms with van der Waals surface area (Å²) in [6, 6.07) is 4.00. The van der Waals surface area contributed by atoms with Crippen LogP contribution in [0.15, 0.2) is 18.3 Å². The molecule has 0 saturated heterocycles. The minimum Gasteiger partial charge on any atom is -0.481 e. The molecule has 0 aromatic carbocycles. The summed E-state index contributed by atoms with van der Waals surface area (Å²) in [6.07, 6.45) is 6.48. The van der Waals surface area contributed by atoms with Crippen molar-refractivity contribution in [3.8, 4) is 5.88 Å². The Morgan fingerprint density at radius 2 is 2.22 bits per heavy atom. The Kier molecular flexibility index (Phi) is 4.52. The number of anilines is 1. The summed E-state index contributed by atoms with van der Waals surface area (Å²) < 4.78 is 4.95. The summed E-state index contributed by atoms with van der Waals surface area (Å²) in [5.41, 5.74) is 0.689. The SMILES string of the molecule is COc1ccc(NC(=O)CNC2CCCC2)cn1. The zero-order chi connectivity index (χ0) is 12.8. The summed E-state index contributed by atoms with van der Waals surface area (Å²) in [6.45, 7) is 0.358. The third-order valence-electron chi connectivity index (χ3n) is 3.14. The molecule has 1 saturated carbocycles. The molecule has 5 heteroatoms. The van der Waals surface area contributed by atoms with Crippen molar-refractivity contribution >= 4 is 11.6 Å². The molecule has 1 aliphatic rings. The van der Waals surface area contributed by atoms with Crippen LogP contribution in [0.2, 0.25) is 0 Å². The minimum absolute atomic E-state index is 0.0335. The molecule has 1 aromatic rings. The fourth-order valence-corrected chi connectivity index (χ4v) is 2.15. The smallest absolute Gasteiger partial charge is 0.238 e. The standard InChI is InChI=1S/C13H19N3O2/c1-18-13-7-6-11(8-15-13)16-12(17)9-14-10-4-2-3-5-10/h6-8,10,14H,2-5,9H2,1H3,(H,16,17). The molecule has 2 rings (SSSR count). The summed E-state index contributed by atoms with van der Waals surface area (Å²) in [4.78, 5) is 15.7. The molecule has 0 atom stereocenters. The van der Waals surface area contributed by atoms with Gasteiger partial charge in [0.1, 0.15) is 0 Å². The summed E-state index contributed by atoms with van der Waals surface area (Å²) in [5, 5.41) is 6.06. The number of rotatable bonds is 5. The van der Waals surface area contributed by atoms with Crippen LogP contribution in [-0.4, -0.2) is 30.6 Å². The second-order valence-electron chi connectivity index (χ2n) is 4.50. The highest BCUT2D eigenvalue weighted by Gasteiger charge is 2.15. The van der Waals surface area contributed by atoms with Gasteiger partial charge < -0.3 is 15.4 Å². The Labute approximate surface area is 107 Å². The molecule has 0 unspecified atom stereocenters. The first-order chi connectivity index (χ1) is 8.78. The van der Waals surface area contributed by atoms with Crippen molar-refractivity contribution in [2.75, 3.05) is 19.0 Å². The topological polar surface area (TPSA) is 63.2 Å². The Bertz CT molecular complexity index is 386. The second kappa shape index (κ2) is 6.35. The molecule has 0 radical (unpaired) electrons. The fourth-order valence-electron chi connectivity index (χ4n) is 2.15. The number of nitrogens with zero attached hydrogens (tertiary/aromatic N) is 1. The number of nitrogens with one attached hydrogen (secondary N) is 2. The number of methoxy groups -OCH3 is 1. The van der Waals surface area contributed by atoms with Crippen LogP contribution >= 0.6 is 0 Å². The van der Waals surface area contributed by atoms with Gasteiger partial charge in [-0.25, -0.2) is 4.98 Å². The van der Waals surface area contributed by atoms with Gasteiger partial charge in [-0.1, -0.05) is 12.8 Å². The lowest BCUT2D eigenvalue weighted by molar-refractivity contribution is -0.115. The van der Waals surface area contributed by atoms with Gasteiger partial charge in [0, 0.05) is 12.1 Å². The normalized spacial score (nSPS) is 15.6. The molecule has 1 heterocycles. The highest BCUT2D eigenvalue weighted by atomic mass is 16.5. The van der Waals surface area contributed by atoms with E-state index < -0.39 is 0 Å². The van der Waals surface area contributed by atoms with E-state index >= 15 is 0 Å². The molecule has 2 N–H and O–H groups in total. The van der Waals surface area contributed by atoms with Gasteiger partial charge in [0.05, 0.1) is 25.5 Å². The lowest BCUT2D eigenvalue weighted by atomic mass is 10.2. The van der Waals surface area contributed by atoms with Gasteiger partial charge in [0.2, 0.25) is 11.8 Å². The largest absolute Gasteiger partial charge is 0.481 e. The van der Waals surface area contributed by atoms with Crippen LogP contribution in [0.4, 0.5) is 5.69 Å². The van der Waals surface area contributed by atoms with Gasteiger partial charge in [-0.3, -0.25) is 4.79 Å². The first-order valence-corrected chi connectivity index (χ1v) is 6.31. The lowest BCUT2D eigenvalue weighted by Gasteiger charge is -2.11. The number of aromatic nitrogens is 1. The van der Waals surface area contributed by atoms with Gasteiger partial charge in [0.25, 0.3) is 0 Å². The van der Waals surface area contributed by atoms with E-state index in [0.717, 1.165) is 0 Å². The number of carbonyl (C=O) groups is 1. The predicted molar refractivity (Wildman–Crippen MR) is 69.7 cm³/mol. The van der Waals surface area contributed by atoms with Crippen LogP contribution < -0.4 is 15.4 Å². The molecule has 5 nitrogen and oxygen atoms in total. The minimum atomic E-state index is -0.0335. The Morgan fingerprint density at radius 1 is 1.44 bits per heavy atom. The third-order valence-corrected chi connectivity index (χ3v) is 3.14. The monoisotopic (exact) mass is 249 g/mol. The molecule has 1 fully saturated rings. The third kappa shape index (κ3) is 3.70. The molecular formula is C13H19N3O2. The van der Waals surface area contributed by atoms with E-state index in [1.54, 1.807) is 25.4 Å². The maximum Gasteiger partial charge on any atom is 0.238 e. The molecular weight excluding hydrogens is 230 g/mol. The van der Waals surface area contributed by atoms with E-state index in [4.69, 9.17) is 4.74 Å². The van der Waals surface area contributed by atoms with E-state index in [-0.39, 0.29) is 5.91 Å². The summed E-state index contributed by atoms with van der Waals surface area (Å²) in [7, 11) is 1.56. The molecule has 1 amide bonds. The number of amides is 1. The van der Waals surface area contributed by atoms with Gasteiger partial charge >= 0.3 is 0 Å². The maximum atomic E-state index is 11.7. The van der Waals surface area contributed by atoms with Crippen LogP contribution in [-0.2, 0) is 4.79 Å². The van der Waals surface area contributed by atoms with E-state index in [0.29, 0.717) is 24.2 Å². The van der Waals surface area contributed by atoms with Crippen molar-refractivity contribution in [1.29, 1.82) is 0 Å². The average Bonchev–Trinajstić information content (AvgIpc) is 2.90. The van der Waals surface area contributed by atoms with Crippen LogP contribution in [0.3, 0.4) is 0 Å². The van der Waals surface area contributed by atoms with Gasteiger partial charge in [-0.15, -0.1) is 0 Å².